The van der Waals surface area contributed by atoms with Gasteiger partial charge in [0.15, 0.2) is 0 Å². The number of para-hydroxylation sites is 1. The van der Waals surface area contributed by atoms with Gasteiger partial charge in [-0.2, -0.15) is 4.83 Å². The van der Waals surface area contributed by atoms with Gasteiger partial charge in [-0.25, -0.2) is 0 Å². The zero-order chi connectivity index (χ0) is 13.1. The van der Waals surface area contributed by atoms with Crippen molar-refractivity contribution in [2.24, 2.45) is 0 Å². The Bertz CT molecular complexity index is 570. The van der Waals surface area contributed by atoms with Crippen molar-refractivity contribution in [1.29, 1.82) is 0 Å². The van der Waals surface area contributed by atoms with Crippen molar-refractivity contribution in [2.45, 2.75) is 0 Å². The molecular formula is C10H7Cl2N2O2S2-. The Morgan fingerprint density at radius 3 is 2.61 bits per heavy atom. The lowest BCUT2D eigenvalue weighted by Crippen LogP contribution is -2.23. The summed E-state index contributed by atoms with van der Waals surface area (Å²) in [5, 5.41) is 0.479. The van der Waals surface area contributed by atoms with E-state index in [9.17, 15) is 8.76 Å². The van der Waals surface area contributed by atoms with Gasteiger partial charge >= 0.3 is 0 Å². The summed E-state index contributed by atoms with van der Waals surface area (Å²) in [5.41, 5.74) is 4.03. The maximum absolute atomic E-state index is 10.5. The van der Waals surface area contributed by atoms with Gasteiger partial charge in [0.2, 0.25) is 0 Å². The van der Waals surface area contributed by atoms with Crippen LogP contribution in [0.2, 0.25) is 9.36 Å². The van der Waals surface area contributed by atoms with Crippen LogP contribution in [0.15, 0.2) is 30.3 Å². The molecule has 1 aromatic heterocycles. The van der Waals surface area contributed by atoms with E-state index in [1.54, 1.807) is 18.2 Å². The van der Waals surface area contributed by atoms with Crippen molar-refractivity contribution in [2.75, 3.05) is 5.43 Å². The predicted molar refractivity (Wildman–Crippen MR) is 75.5 cm³/mol. The number of halogens is 2. The van der Waals surface area contributed by atoms with Crippen molar-refractivity contribution >= 4 is 51.5 Å². The topological polar surface area (TPSA) is 64.2 Å². The summed E-state index contributed by atoms with van der Waals surface area (Å²) < 4.78 is 21.4. The Labute approximate surface area is 120 Å². The molecule has 0 bridgehead atoms. The molecule has 1 atom stereocenters. The van der Waals surface area contributed by atoms with E-state index in [0.29, 0.717) is 15.0 Å². The quantitative estimate of drug-likeness (QED) is 0.669. The van der Waals surface area contributed by atoms with Crippen molar-refractivity contribution in [3.8, 4) is 10.4 Å². The van der Waals surface area contributed by atoms with E-state index in [4.69, 9.17) is 23.2 Å². The number of benzene rings is 1. The highest BCUT2D eigenvalue weighted by Gasteiger charge is 2.10. The Morgan fingerprint density at radius 2 is 2.00 bits per heavy atom. The van der Waals surface area contributed by atoms with Crippen molar-refractivity contribution in [3.05, 3.63) is 39.7 Å². The summed E-state index contributed by atoms with van der Waals surface area (Å²) in [7, 11) is 0. The molecule has 0 aliphatic heterocycles. The molecule has 0 amide bonds. The highest BCUT2D eigenvalue weighted by atomic mass is 35.5. The molecule has 96 valence electrons. The molecule has 1 aromatic carbocycles. The molecule has 2 rings (SSSR count). The monoisotopic (exact) mass is 321 g/mol. The first-order chi connectivity index (χ1) is 8.58. The summed E-state index contributed by atoms with van der Waals surface area (Å²) in [6.45, 7) is 0. The van der Waals surface area contributed by atoms with Crippen LogP contribution in [0.25, 0.3) is 10.4 Å². The minimum absolute atomic E-state index is 0.479. The maximum atomic E-state index is 10.5. The van der Waals surface area contributed by atoms with E-state index < -0.39 is 11.3 Å². The molecule has 18 heavy (non-hydrogen) atoms. The molecule has 0 spiro atoms. The second-order valence-electron chi connectivity index (χ2n) is 3.24. The number of nitrogens with one attached hydrogen (secondary N) is 2. The standard InChI is InChI=1S/C10H8Cl2N2O2S2/c11-7-5-9(17-10(7)12)6-3-1-2-4-8(6)13-14-18(15)16/h1-5,13-14H,(H,15,16)/p-1. The van der Waals surface area contributed by atoms with Crippen LogP contribution in [0.1, 0.15) is 0 Å². The fourth-order valence-corrected chi connectivity index (χ4v) is 2.98. The van der Waals surface area contributed by atoms with Crippen LogP contribution >= 0.6 is 34.5 Å². The molecular weight excluding hydrogens is 315 g/mol. The predicted octanol–water partition coefficient (Wildman–Crippen LogP) is 3.43. The Balaban J connectivity index is 2.35. The molecule has 0 aliphatic rings. The van der Waals surface area contributed by atoms with Gasteiger partial charge in [-0.1, -0.05) is 41.4 Å². The second kappa shape index (κ2) is 6.01. The van der Waals surface area contributed by atoms with Gasteiger partial charge in [-0.15, -0.1) is 11.3 Å². The fraction of sp³-hybridized carbons (Fsp3) is 0. The maximum Gasteiger partial charge on any atom is 0.112 e. The summed E-state index contributed by atoms with van der Waals surface area (Å²) in [6.07, 6.45) is 0. The zero-order valence-corrected chi connectivity index (χ0v) is 11.9. The average Bonchev–Trinajstić information content (AvgIpc) is 2.67. The third kappa shape index (κ3) is 3.23. The zero-order valence-electron chi connectivity index (χ0n) is 8.78. The van der Waals surface area contributed by atoms with Crippen LogP contribution in [-0.4, -0.2) is 8.76 Å². The fourth-order valence-electron chi connectivity index (χ4n) is 1.38. The SMILES string of the molecule is O=S([O-])NNc1ccccc1-c1cc(Cl)c(Cl)s1. The van der Waals surface area contributed by atoms with Crippen LogP contribution in [0.4, 0.5) is 5.69 Å². The number of hydrogen-bond donors (Lipinski definition) is 2. The Morgan fingerprint density at radius 1 is 1.28 bits per heavy atom. The lowest BCUT2D eigenvalue weighted by Gasteiger charge is -2.13. The Kier molecular flexibility index (Phi) is 4.60. The number of hydrazine groups is 1. The van der Waals surface area contributed by atoms with Gasteiger partial charge in [0.05, 0.1) is 10.7 Å². The smallest absolute Gasteiger partial charge is 0.112 e. The van der Waals surface area contributed by atoms with Crippen LogP contribution in [0.3, 0.4) is 0 Å². The Hall–Kier alpha value is -0.630. The molecule has 0 saturated carbocycles. The molecule has 0 saturated heterocycles. The molecule has 2 aromatic rings. The van der Waals surface area contributed by atoms with Gasteiger partial charge in [-0.3, -0.25) is 4.21 Å². The highest BCUT2D eigenvalue weighted by Crippen LogP contribution is 2.40. The summed E-state index contributed by atoms with van der Waals surface area (Å²) in [5.74, 6) is 0. The average molecular weight is 322 g/mol. The van der Waals surface area contributed by atoms with Crippen molar-refractivity contribution in [3.63, 3.8) is 0 Å². The van der Waals surface area contributed by atoms with E-state index in [0.717, 1.165) is 10.4 Å². The molecule has 0 aliphatic carbocycles. The lowest BCUT2D eigenvalue weighted by atomic mass is 10.1. The molecule has 8 heteroatoms. The van der Waals surface area contributed by atoms with E-state index >= 15 is 0 Å². The number of anilines is 1. The third-order valence-corrected chi connectivity index (χ3v) is 4.27. The summed E-state index contributed by atoms with van der Waals surface area (Å²) >= 11 is 10.8. The molecule has 1 unspecified atom stereocenters. The summed E-state index contributed by atoms with van der Waals surface area (Å²) in [6, 6.07) is 8.96. The molecule has 1 heterocycles. The van der Waals surface area contributed by atoms with Crippen molar-refractivity contribution in [1.82, 2.24) is 4.83 Å². The van der Waals surface area contributed by atoms with Gasteiger partial charge < -0.3 is 9.98 Å². The number of thiophene rings is 1. The molecule has 4 nitrogen and oxygen atoms in total. The van der Waals surface area contributed by atoms with Crippen LogP contribution in [0, 0.1) is 0 Å². The molecule has 0 fully saturated rings. The minimum atomic E-state index is -2.39. The minimum Gasteiger partial charge on any atom is -0.759 e. The second-order valence-corrected chi connectivity index (χ2v) is 5.97. The van der Waals surface area contributed by atoms with E-state index in [1.807, 2.05) is 12.1 Å². The normalized spacial score (nSPS) is 12.4. The van der Waals surface area contributed by atoms with E-state index in [1.165, 1.54) is 11.3 Å². The first kappa shape index (κ1) is 13.8. The number of rotatable bonds is 4. The van der Waals surface area contributed by atoms with Gasteiger partial charge in [0, 0.05) is 21.7 Å². The molecule has 0 radical (unpaired) electrons. The largest absolute Gasteiger partial charge is 0.759 e. The third-order valence-electron chi connectivity index (χ3n) is 2.11. The van der Waals surface area contributed by atoms with Gasteiger partial charge in [0.25, 0.3) is 0 Å². The van der Waals surface area contributed by atoms with E-state index in [2.05, 4.69) is 10.3 Å². The molecule has 2 N–H and O–H groups in total. The van der Waals surface area contributed by atoms with Crippen LogP contribution < -0.4 is 10.3 Å². The first-order valence-electron chi connectivity index (χ1n) is 4.73. The van der Waals surface area contributed by atoms with Gasteiger partial charge in [-0.05, 0) is 12.1 Å². The highest BCUT2D eigenvalue weighted by molar-refractivity contribution is 7.77. The first-order valence-corrected chi connectivity index (χ1v) is 7.38. The van der Waals surface area contributed by atoms with Crippen LogP contribution in [0.5, 0.6) is 0 Å². The number of hydrogen-bond acceptors (Lipinski definition) is 4. The van der Waals surface area contributed by atoms with E-state index in [-0.39, 0.29) is 0 Å². The van der Waals surface area contributed by atoms with Crippen molar-refractivity contribution < 1.29 is 8.76 Å². The van der Waals surface area contributed by atoms with Gasteiger partial charge in [0.1, 0.15) is 4.34 Å². The lowest BCUT2D eigenvalue weighted by molar-refractivity contribution is 0.528. The summed E-state index contributed by atoms with van der Waals surface area (Å²) in [4.78, 5) is 2.95. The van der Waals surface area contributed by atoms with Crippen LogP contribution in [-0.2, 0) is 11.3 Å².